The summed E-state index contributed by atoms with van der Waals surface area (Å²) in [6, 6.07) is 27.4. The number of hydrogen-bond donors (Lipinski definition) is 0. The molecule has 0 radical (unpaired) electrons. The molecule has 4 aromatic rings. The molecule has 2 fully saturated rings. The van der Waals surface area contributed by atoms with Crippen LogP contribution in [0.5, 0.6) is 0 Å². The van der Waals surface area contributed by atoms with Gasteiger partial charge in [0.2, 0.25) is 0 Å². The van der Waals surface area contributed by atoms with Gasteiger partial charge >= 0.3 is 0 Å². The number of fused-ring (bicyclic) bond motifs is 4. The van der Waals surface area contributed by atoms with E-state index in [0.29, 0.717) is 61.7 Å². The molecule has 4 aromatic carbocycles. The van der Waals surface area contributed by atoms with Gasteiger partial charge in [0.05, 0.1) is 48.8 Å². The summed E-state index contributed by atoms with van der Waals surface area (Å²) < 4.78 is 156. The summed E-state index contributed by atoms with van der Waals surface area (Å²) in [5.74, 6) is -0.557. The van der Waals surface area contributed by atoms with Crippen molar-refractivity contribution in [2.45, 2.75) is 19.6 Å². The zero-order valence-corrected chi connectivity index (χ0v) is 28.4. The maximum atomic E-state index is 9.10. The van der Waals surface area contributed by atoms with Gasteiger partial charge in [0.15, 0.2) is 0 Å². The van der Waals surface area contributed by atoms with Crippen LogP contribution in [0.3, 0.4) is 0 Å². The highest BCUT2D eigenvalue weighted by molar-refractivity contribution is 7.99. The van der Waals surface area contributed by atoms with Crippen LogP contribution in [0, 0.1) is 0 Å². The van der Waals surface area contributed by atoms with Crippen molar-refractivity contribution in [3.63, 3.8) is 0 Å². The van der Waals surface area contributed by atoms with Gasteiger partial charge in [0, 0.05) is 107 Å². The second-order valence-electron chi connectivity index (χ2n) is 11.1. The van der Waals surface area contributed by atoms with Crippen LogP contribution >= 0.6 is 23.5 Å². The molecule has 0 spiro atoms. The number of piperazine rings is 2. The van der Waals surface area contributed by atoms with E-state index in [1.807, 2.05) is 0 Å². The Bertz CT molecular complexity index is 2340. The average Bonchev–Trinajstić information content (AvgIpc) is 3.50. The molecule has 4 aliphatic rings. The summed E-state index contributed by atoms with van der Waals surface area (Å²) in [4.78, 5) is 13.6. The summed E-state index contributed by atoms with van der Waals surface area (Å²) in [5.41, 5.74) is 1.34. The first-order valence-corrected chi connectivity index (χ1v) is 17.7. The highest BCUT2D eigenvalue weighted by Crippen LogP contribution is 2.41. The summed E-state index contributed by atoms with van der Waals surface area (Å²) >= 11 is 2.64. The highest BCUT2D eigenvalue weighted by atomic mass is 32.2. The standard InChI is InChI=1S/C40H44N6O2S2/c1-5-13-35-31(9-1)39(41-33-11-3-7-15-37(33)49-35)45-21-17-43(18-22-45)25-27-47-29-30-48-28-26-44-19-23-46(24-20-44)40-32-10-2-6-14-36(32)50-38-16-8-4-12-34(38)42-40/h1-16H,17-30H2/i17D2,18D2,19D2,20D2,21D2,22D2,23D2,24D2. The summed E-state index contributed by atoms with van der Waals surface area (Å²) in [5, 5.41) is 0. The fourth-order valence-electron chi connectivity index (χ4n) is 5.30. The number of benzene rings is 4. The van der Waals surface area contributed by atoms with E-state index in [1.54, 1.807) is 97.1 Å². The van der Waals surface area contributed by atoms with E-state index < -0.39 is 78.3 Å². The van der Waals surface area contributed by atoms with E-state index in [1.165, 1.54) is 23.5 Å². The van der Waals surface area contributed by atoms with E-state index in [4.69, 9.17) is 31.4 Å². The van der Waals surface area contributed by atoms with E-state index in [-0.39, 0.29) is 24.9 Å². The molecule has 0 atom stereocenters. The molecule has 0 unspecified atom stereocenters. The lowest BCUT2D eigenvalue weighted by molar-refractivity contribution is 0.0255. The van der Waals surface area contributed by atoms with Crippen molar-refractivity contribution in [3.05, 3.63) is 108 Å². The largest absolute Gasteiger partial charge is 0.378 e. The van der Waals surface area contributed by atoms with Crippen molar-refractivity contribution in [2.75, 3.05) is 91.5 Å². The SMILES string of the molecule is [2H]C1([2H])N(CCOCCOCCN2C([2H])([2H])C([2H])([2H])N(C3=Nc4ccccc4Sc4ccccc43)C([2H])([2H])C2([2H])[2H])C([2H])([2H])C([2H])([2H])N(C2=Nc3ccccc3Sc3ccccc32)C1([2H])[2H]. The van der Waals surface area contributed by atoms with Gasteiger partial charge in [0.1, 0.15) is 11.7 Å². The van der Waals surface area contributed by atoms with Gasteiger partial charge in [-0.1, -0.05) is 84.2 Å². The Morgan fingerprint density at radius 3 is 1.30 bits per heavy atom. The minimum Gasteiger partial charge on any atom is -0.378 e. The van der Waals surface area contributed by atoms with E-state index in [0.717, 1.165) is 0 Å². The van der Waals surface area contributed by atoms with Gasteiger partial charge in [-0.25, -0.2) is 9.98 Å². The topological polar surface area (TPSA) is 56.1 Å². The van der Waals surface area contributed by atoms with Crippen molar-refractivity contribution < 1.29 is 31.4 Å². The first kappa shape index (κ1) is 19.8. The highest BCUT2D eigenvalue weighted by Gasteiger charge is 2.26. The molecule has 258 valence electrons. The van der Waals surface area contributed by atoms with Crippen LogP contribution < -0.4 is 0 Å². The van der Waals surface area contributed by atoms with Gasteiger partial charge in [-0.3, -0.25) is 9.80 Å². The molecule has 0 amide bonds. The molecule has 0 aliphatic carbocycles. The molecule has 50 heavy (non-hydrogen) atoms. The van der Waals surface area contributed by atoms with Crippen LogP contribution in [0.1, 0.15) is 33.1 Å². The molecule has 4 heterocycles. The third-order valence-electron chi connectivity index (χ3n) is 7.78. The van der Waals surface area contributed by atoms with Crippen LogP contribution in [-0.2, 0) is 9.47 Å². The van der Waals surface area contributed by atoms with Crippen molar-refractivity contribution >= 4 is 46.6 Å². The number of nitrogens with zero attached hydrogens (tertiary/aromatic N) is 6. The van der Waals surface area contributed by atoms with Crippen molar-refractivity contribution in [1.82, 2.24) is 19.6 Å². The quantitative estimate of drug-likeness (QED) is 0.176. The molecule has 0 saturated carbocycles. The fourth-order valence-corrected chi connectivity index (χ4v) is 7.34. The number of aliphatic imine (C=N–C) groups is 2. The van der Waals surface area contributed by atoms with E-state index >= 15 is 0 Å². The Balaban J connectivity index is 0.928. The maximum Gasteiger partial charge on any atom is 0.137 e. The molecule has 0 N–H and O–H groups in total. The van der Waals surface area contributed by atoms with Crippen LogP contribution in [0.25, 0.3) is 0 Å². The molecule has 8 nitrogen and oxygen atoms in total. The lowest BCUT2D eigenvalue weighted by Gasteiger charge is -2.36. The lowest BCUT2D eigenvalue weighted by atomic mass is 10.1. The molecular formula is C40H44N6O2S2. The average molecular weight is 721 g/mol. The van der Waals surface area contributed by atoms with Gasteiger partial charge in [-0.05, 0) is 36.4 Å². The lowest BCUT2D eigenvalue weighted by Crippen LogP contribution is -2.49. The first-order chi connectivity index (χ1) is 30.8. The van der Waals surface area contributed by atoms with Gasteiger partial charge in [-0.15, -0.1) is 0 Å². The predicted octanol–water partition coefficient (Wildman–Crippen LogP) is 6.74. The fraction of sp³-hybridized carbons (Fsp3) is 0.350. The van der Waals surface area contributed by atoms with Crippen LogP contribution in [0.15, 0.2) is 127 Å². The molecular weight excluding hydrogens is 661 g/mol. The second kappa shape index (κ2) is 16.1. The molecule has 2 saturated heterocycles. The smallest absolute Gasteiger partial charge is 0.137 e. The Hall–Kier alpha value is -3.64. The van der Waals surface area contributed by atoms with Gasteiger partial charge < -0.3 is 19.3 Å². The van der Waals surface area contributed by atoms with Crippen LogP contribution in [0.4, 0.5) is 11.4 Å². The summed E-state index contributed by atoms with van der Waals surface area (Å²) in [6.45, 7) is -27.9. The number of ether oxygens (including phenoxy) is 2. The molecule has 0 aromatic heterocycles. The Kier molecular flexibility index (Phi) is 6.40. The molecule has 10 heteroatoms. The number of amidine groups is 2. The minimum atomic E-state index is -3.20. The van der Waals surface area contributed by atoms with Crippen molar-refractivity contribution in [2.24, 2.45) is 9.98 Å². The summed E-state index contributed by atoms with van der Waals surface area (Å²) in [6.07, 6.45) is 0. The molecule has 8 rings (SSSR count). The van der Waals surface area contributed by atoms with E-state index in [2.05, 4.69) is 9.98 Å². The molecule has 4 aliphatic heterocycles. The Labute approximate surface area is 326 Å². The maximum absolute atomic E-state index is 9.10. The van der Waals surface area contributed by atoms with Crippen molar-refractivity contribution in [1.29, 1.82) is 0 Å². The van der Waals surface area contributed by atoms with Crippen LogP contribution in [0.2, 0.25) is 0 Å². The minimum absolute atomic E-state index is 0.218. The third kappa shape index (κ3) is 7.81. The number of para-hydroxylation sites is 2. The van der Waals surface area contributed by atoms with Crippen LogP contribution in [-0.4, -0.2) is 123 Å². The normalized spacial score (nSPS) is 30.6. The monoisotopic (exact) mass is 720 g/mol. The number of hydrogen-bond acceptors (Lipinski definition) is 10. The Morgan fingerprint density at radius 2 is 0.860 bits per heavy atom. The third-order valence-corrected chi connectivity index (χ3v) is 10.1. The first-order valence-electron chi connectivity index (χ1n) is 24.0. The second-order valence-corrected chi connectivity index (χ2v) is 13.3. The van der Waals surface area contributed by atoms with Gasteiger partial charge in [-0.2, -0.15) is 0 Å². The predicted molar refractivity (Wildman–Crippen MR) is 204 cm³/mol. The summed E-state index contributed by atoms with van der Waals surface area (Å²) in [7, 11) is 0. The zero-order valence-electron chi connectivity index (χ0n) is 42.8. The van der Waals surface area contributed by atoms with Gasteiger partial charge in [0.25, 0.3) is 0 Å². The van der Waals surface area contributed by atoms with E-state index in [9.17, 15) is 0 Å². The zero-order chi connectivity index (χ0) is 47.9. The van der Waals surface area contributed by atoms with Crippen molar-refractivity contribution in [3.8, 4) is 0 Å². The number of rotatable bonds is 9. The Morgan fingerprint density at radius 1 is 0.480 bits per heavy atom. The molecule has 0 bridgehead atoms.